The van der Waals surface area contributed by atoms with E-state index in [-0.39, 0.29) is 17.0 Å². The van der Waals surface area contributed by atoms with Crippen LogP contribution in [0.3, 0.4) is 0 Å². The highest BCUT2D eigenvalue weighted by Gasteiger charge is 2.17. The minimum atomic E-state index is 0. The number of nitrogens with zero attached hydrogens (tertiary/aromatic N) is 1. The fourth-order valence-electron chi connectivity index (χ4n) is 0.691. The second-order valence-electron chi connectivity index (χ2n) is 1.91. The molecule has 12 heavy (non-hydrogen) atoms. The van der Waals surface area contributed by atoms with Crippen LogP contribution in [0.4, 0.5) is 0 Å². The van der Waals surface area contributed by atoms with Crippen molar-refractivity contribution in [2.75, 3.05) is 18.9 Å². The molecule has 0 aromatic heterocycles. The summed E-state index contributed by atoms with van der Waals surface area (Å²) in [7, 11) is 0. The normalized spacial score (nSPS) is 17.1. The van der Waals surface area contributed by atoms with Gasteiger partial charge in [0.25, 0.3) is 0 Å². The van der Waals surface area contributed by atoms with E-state index in [1.54, 1.807) is 11.1 Å². The molecule has 6 heteroatoms. The van der Waals surface area contributed by atoms with Crippen molar-refractivity contribution in [3.05, 3.63) is 11.6 Å². The lowest BCUT2D eigenvalue weighted by atomic mass is 10.7. The van der Waals surface area contributed by atoms with E-state index in [2.05, 4.69) is 0 Å². The first-order chi connectivity index (χ1) is 5.34. The molecule has 1 aliphatic rings. The van der Waals surface area contributed by atoms with Gasteiger partial charge in [-0.2, -0.15) is 0 Å². The molecule has 0 spiro atoms. The van der Waals surface area contributed by atoms with Gasteiger partial charge in [0.05, 0.1) is 13.2 Å². The molecular formula is C6H10BrClN2OS. The third kappa shape index (κ3) is 3.80. The molecule has 0 radical (unpaired) electrons. The van der Waals surface area contributed by atoms with E-state index in [0.29, 0.717) is 11.8 Å². The average Bonchev–Trinajstić information content (AvgIpc) is 2.37. The first-order valence-electron chi connectivity index (χ1n) is 3.21. The van der Waals surface area contributed by atoms with Crippen LogP contribution < -0.4 is 0 Å². The minimum absolute atomic E-state index is 0. The number of thioether (sulfide) groups is 1. The molecule has 0 aromatic rings. The van der Waals surface area contributed by atoms with Crippen LogP contribution in [0, 0.1) is 5.41 Å². The topological polar surface area (TPSA) is 36.3 Å². The lowest BCUT2D eigenvalue weighted by Gasteiger charge is -2.13. The van der Waals surface area contributed by atoms with Crippen LogP contribution in [-0.2, 0) is 4.84 Å². The molecule has 0 saturated carbocycles. The lowest BCUT2D eigenvalue weighted by molar-refractivity contribution is -0.0756. The van der Waals surface area contributed by atoms with Crippen molar-refractivity contribution in [3.63, 3.8) is 0 Å². The Labute approximate surface area is 91.3 Å². The van der Waals surface area contributed by atoms with Gasteiger partial charge in [-0.05, 0) is 6.08 Å². The standard InChI is InChI=1S/C6H9ClN2OS.BrH/c7-2-1-4-10-9-3-5-11-6(9)8;/h1-2,8H,3-5H2;1H. The predicted molar refractivity (Wildman–Crippen MR) is 58.2 cm³/mol. The summed E-state index contributed by atoms with van der Waals surface area (Å²) in [4.78, 5) is 5.17. The number of hydrogen-bond acceptors (Lipinski definition) is 3. The molecule has 0 aliphatic carbocycles. The van der Waals surface area contributed by atoms with Gasteiger partial charge in [-0.15, -0.1) is 17.0 Å². The van der Waals surface area contributed by atoms with E-state index in [0.717, 1.165) is 12.3 Å². The molecule has 1 saturated heterocycles. The minimum Gasteiger partial charge on any atom is -0.277 e. The summed E-state index contributed by atoms with van der Waals surface area (Å²) >= 11 is 6.78. The first kappa shape index (κ1) is 12.3. The van der Waals surface area contributed by atoms with E-state index < -0.39 is 0 Å². The Morgan fingerprint density at radius 3 is 3.00 bits per heavy atom. The van der Waals surface area contributed by atoms with Crippen LogP contribution in [0.25, 0.3) is 0 Å². The highest BCUT2D eigenvalue weighted by Crippen LogP contribution is 2.15. The van der Waals surface area contributed by atoms with E-state index in [4.69, 9.17) is 21.8 Å². The second-order valence-corrected chi connectivity index (χ2v) is 3.25. The number of rotatable bonds is 3. The average molecular weight is 274 g/mol. The van der Waals surface area contributed by atoms with Gasteiger partial charge in [-0.3, -0.25) is 10.2 Å². The van der Waals surface area contributed by atoms with Crippen LogP contribution in [0.5, 0.6) is 0 Å². The zero-order chi connectivity index (χ0) is 8.10. The largest absolute Gasteiger partial charge is 0.277 e. The molecule has 1 N–H and O–H groups in total. The van der Waals surface area contributed by atoms with Crippen molar-refractivity contribution in [3.8, 4) is 0 Å². The highest BCUT2D eigenvalue weighted by atomic mass is 79.9. The Kier molecular flexibility index (Phi) is 6.93. The first-order valence-corrected chi connectivity index (χ1v) is 4.64. The number of nitrogens with one attached hydrogen (secondary N) is 1. The van der Waals surface area contributed by atoms with Crippen molar-refractivity contribution >= 4 is 45.5 Å². The molecule has 1 fully saturated rings. The van der Waals surface area contributed by atoms with Crippen molar-refractivity contribution in [1.82, 2.24) is 5.06 Å². The van der Waals surface area contributed by atoms with Gasteiger partial charge in [0.1, 0.15) is 0 Å². The number of hydrogen-bond donors (Lipinski definition) is 1. The van der Waals surface area contributed by atoms with Crippen LogP contribution in [0.2, 0.25) is 0 Å². The molecular weight excluding hydrogens is 264 g/mol. The lowest BCUT2D eigenvalue weighted by Crippen LogP contribution is -2.23. The van der Waals surface area contributed by atoms with Crippen LogP contribution in [0.15, 0.2) is 11.6 Å². The van der Waals surface area contributed by atoms with E-state index in [1.807, 2.05) is 0 Å². The Balaban J connectivity index is 0.00000121. The SMILES string of the molecule is Br.N=C1SCCN1OCC=CCl. The molecule has 0 unspecified atom stereocenters. The van der Waals surface area contributed by atoms with Crippen molar-refractivity contribution < 1.29 is 4.84 Å². The molecule has 1 aliphatic heterocycles. The molecule has 0 atom stereocenters. The summed E-state index contributed by atoms with van der Waals surface area (Å²) in [6.07, 6.45) is 1.69. The summed E-state index contributed by atoms with van der Waals surface area (Å²) in [6, 6.07) is 0. The van der Waals surface area contributed by atoms with Crippen molar-refractivity contribution in [2.45, 2.75) is 0 Å². The maximum atomic E-state index is 7.35. The Morgan fingerprint density at radius 1 is 1.75 bits per heavy atom. The molecule has 3 nitrogen and oxygen atoms in total. The molecule has 0 aromatic carbocycles. The fraction of sp³-hybridized carbons (Fsp3) is 0.500. The predicted octanol–water partition coefficient (Wildman–Crippen LogP) is 2.23. The Morgan fingerprint density at radius 2 is 2.50 bits per heavy atom. The zero-order valence-corrected chi connectivity index (χ0v) is 9.61. The Bertz CT molecular complexity index is 179. The van der Waals surface area contributed by atoms with Gasteiger partial charge in [0, 0.05) is 11.3 Å². The van der Waals surface area contributed by atoms with Gasteiger partial charge in [0.2, 0.25) is 0 Å². The Hall–Kier alpha value is 0.290. The van der Waals surface area contributed by atoms with Crippen LogP contribution in [0.1, 0.15) is 0 Å². The smallest absolute Gasteiger partial charge is 0.180 e. The number of halogens is 2. The molecule has 0 bridgehead atoms. The third-order valence-corrected chi connectivity index (χ3v) is 2.22. The summed E-state index contributed by atoms with van der Waals surface area (Å²) in [6.45, 7) is 1.23. The monoisotopic (exact) mass is 272 g/mol. The third-order valence-electron chi connectivity index (χ3n) is 1.18. The quantitative estimate of drug-likeness (QED) is 0.857. The second kappa shape index (κ2) is 6.77. The van der Waals surface area contributed by atoms with E-state index >= 15 is 0 Å². The maximum absolute atomic E-state index is 7.35. The van der Waals surface area contributed by atoms with Crippen molar-refractivity contribution in [2.24, 2.45) is 0 Å². The molecule has 1 heterocycles. The number of hydroxylamine groups is 2. The zero-order valence-electron chi connectivity index (χ0n) is 6.33. The molecule has 1 rings (SSSR count). The van der Waals surface area contributed by atoms with Gasteiger partial charge in [-0.25, -0.2) is 5.06 Å². The summed E-state index contributed by atoms with van der Waals surface area (Å²) in [5, 5.41) is 9.40. The highest BCUT2D eigenvalue weighted by molar-refractivity contribution is 8.93. The molecule has 70 valence electrons. The van der Waals surface area contributed by atoms with Crippen LogP contribution >= 0.6 is 40.3 Å². The van der Waals surface area contributed by atoms with Gasteiger partial charge < -0.3 is 0 Å². The van der Waals surface area contributed by atoms with Crippen molar-refractivity contribution in [1.29, 1.82) is 5.41 Å². The number of amidine groups is 1. The summed E-state index contributed by atoms with van der Waals surface area (Å²) in [5.41, 5.74) is 1.41. The van der Waals surface area contributed by atoms with Crippen LogP contribution in [-0.4, -0.2) is 29.1 Å². The van der Waals surface area contributed by atoms with E-state index in [9.17, 15) is 0 Å². The molecule has 0 amide bonds. The van der Waals surface area contributed by atoms with Gasteiger partial charge >= 0.3 is 0 Å². The summed E-state index contributed by atoms with van der Waals surface area (Å²) < 4.78 is 0. The fourth-order valence-corrected chi connectivity index (χ4v) is 1.50. The van der Waals surface area contributed by atoms with E-state index in [1.165, 1.54) is 17.3 Å². The summed E-state index contributed by atoms with van der Waals surface area (Å²) in [5.74, 6) is 0.934. The van der Waals surface area contributed by atoms with Gasteiger partial charge in [0.15, 0.2) is 5.17 Å². The van der Waals surface area contributed by atoms with Gasteiger partial charge in [-0.1, -0.05) is 23.4 Å². The maximum Gasteiger partial charge on any atom is 0.180 e.